The highest BCUT2D eigenvalue weighted by atomic mass is 16.5. The smallest absolute Gasteiger partial charge is 0.328 e. The summed E-state index contributed by atoms with van der Waals surface area (Å²) >= 11 is 0. The highest BCUT2D eigenvalue weighted by Crippen LogP contribution is 2.41. The molecule has 2 aliphatic rings. The summed E-state index contributed by atoms with van der Waals surface area (Å²) in [5.41, 5.74) is 7.29. The van der Waals surface area contributed by atoms with Crippen LogP contribution < -0.4 is 11.1 Å². The molecule has 1 aromatic heterocycles. The van der Waals surface area contributed by atoms with Gasteiger partial charge in [0.05, 0.1) is 12.7 Å². The fourth-order valence-corrected chi connectivity index (χ4v) is 4.01. The Bertz CT molecular complexity index is 690. The van der Waals surface area contributed by atoms with Crippen molar-refractivity contribution < 1.29 is 14.3 Å². The minimum atomic E-state index is -0.638. The van der Waals surface area contributed by atoms with Crippen molar-refractivity contribution >= 4 is 11.9 Å². The van der Waals surface area contributed by atoms with Crippen LogP contribution in [0, 0.1) is 5.92 Å². The Labute approximate surface area is 160 Å². The molecule has 6 heteroatoms. The summed E-state index contributed by atoms with van der Waals surface area (Å²) < 4.78 is 4.89. The molecule has 0 saturated heterocycles. The Kier molecular flexibility index (Phi) is 6.26. The van der Waals surface area contributed by atoms with Gasteiger partial charge in [-0.2, -0.15) is 0 Å². The van der Waals surface area contributed by atoms with Crippen molar-refractivity contribution in [1.82, 2.24) is 10.3 Å². The van der Waals surface area contributed by atoms with Crippen molar-refractivity contribution in [2.24, 2.45) is 11.7 Å². The number of allylic oxidation sites excluding steroid dienone is 2. The van der Waals surface area contributed by atoms with Crippen molar-refractivity contribution in [3.05, 3.63) is 41.7 Å². The summed E-state index contributed by atoms with van der Waals surface area (Å²) in [4.78, 5) is 29.3. The van der Waals surface area contributed by atoms with Gasteiger partial charge in [-0.25, -0.2) is 4.79 Å². The first kappa shape index (κ1) is 19.5. The first-order chi connectivity index (χ1) is 13.1. The van der Waals surface area contributed by atoms with Crippen LogP contribution in [0.3, 0.4) is 0 Å². The first-order valence-corrected chi connectivity index (χ1v) is 9.78. The van der Waals surface area contributed by atoms with Gasteiger partial charge in [-0.1, -0.05) is 18.6 Å². The van der Waals surface area contributed by atoms with Crippen molar-refractivity contribution in [2.75, 3.05) is 13.7 Å². The molecule has 1 heterocycles. The van der Waals surface area contributed by atoms with Gasteiger partial charge in [-0.15, -0.1) is 0 Å². The number of nitrogens with one attached hydrogen (secondary N) is 1. The lowest BCUT2D eigenvalue weighted by molar-refractivity contribution is -0.143. The lowest BCUT2D eigenvalue weighted by atomic mass is 9.66. The van der Waals surface area contributed by atoms with E-state index in [0.717, 1.165) is 44.2 Å². The van der Waals surface area contributed by atoms with Gasteiger partial charge in [0.2, 0.25) is 0 Å². The highest BCUT2D eigenvalue weighted by molar-refractivity contribution is 5.96. The molecule has 2 atom stereocenters. The Morgan fingerprint density at radius 3 is 2.70 bits per heavy atom. The van der Waals surface area contributed by atoms with E-state index in [4.69, 9.17) is 10.5 Å². The lowest BCUT2D eigenvalue weighted by Gasteiger charge is -2.40. The van der Waals surface area contributed by atoms with Crippen LogP contribution in [0.15, 0.2) is 30.5 Å². The van der Waals surface area contributed by atoms with Crippen LogP contribution in [0.4, 0.5) is 0 Å². The normalized spacial score (nSPS) is 21.8. The van der Waals surface area contributed by atoms with Gasteiger partial charge < -0.3 is 15.8 Å². The molecule has 1 aromatic rings. The zero-order valence-corrected chi connectivity index (χ0v) is 15.9. The van der Waals surface area contributed by atoms with Crippen LogP contribution in [0.25, 0.3) is 0 Å². The zero-order chi connectivity index (χ0) is 19.3. The van der Waals surface area contributed by atoms with Gasteiger partial charge in [0.1, 0.15) is 6.04 Å². The van der Waals surface area contributed by atoms with E-state index >= 15 is 0 Å². The molecule has 2 unspecified atom stereocenters. The fourth-order valence-electron chi connectivity index (χ4n) is 4.01. The van der Waals surface area contributed by atoms with Crippen molar-refractivity contribution in [1.29, 1.82) is 0 Å². The van der Waals surface area contributed by atoms with Crippen LogP contribution in [0.5, 0.6) is 0 Å². The largest absolute Gasteiger partial charge is 0.467 e. The average molecular weight is 371 g/mol. The van der Waals surface area contributed by atoms with E-state index in [0.29, 0.717) is 24.4 Å². The quantitative estimate of drug-likeness (QED) is 0.567. The second-order valence-electron chi connectivity index (χ2n) is 7.71. The summed E-state index contributed by atoms with van der Waals surface area (Å²) in [5.74, 6) is -0.326. The number of nitrogens with two attached hydrogens (primary N) is 1. The van der Waals surface area contributed by atoms with E-state index in [-0.39, 0.29) is 11.3 Å². The highest BCUT2D eigenvalue weighted by Gasteiger charge is 2.38. The molecule has 1 saturated carbocycles. The SMILES string of the molecule is COC(=O)C(CC1CC=CCC1)NC(=O)c1ccc(C2(CN)CCC2)nc1. The average Bonchev–Trinajstić information content (AvgIpc) is 2.67. The predicted molar refractivity (Wildman–Crippen MR) is 103 cm³/mol. The maximum absolute atomic E-state index is 12.6. The van der Waals surface area contributed by atoms with Crippen molar-refractivity contribution in [3.63, 3.8) is 0 Å². The van der Waals surface area contributed by atoms with E-state index < -0.39 is 12.0 Å². The van der Waals surface area contributed by atoms with Gasteiger partial charge in [-0.05, 0) is 56.6 Å². The zero-order valence-electron chi connectivity index (χ0n) is 15.9. The van der Waals surface area contributed by atoms with E-state index in [2.05, 4.69) is 22.5 Å². The molecule has 1 fully saturated rings. The van der Waals surface area contributed by atoms with E-state index in [9.17, 15) is 9.59 Å². The molecule has 0 aromatic carbocycles. The number of carbonyl (C=O) groups excluding carboxylic acids is 2. The minimum absolute atomic E-state index is 0.0297. The second-order valence-corrected chi connectivity index (χ2v) is 7.71. The van der Waals surface area contributed by atoms with Crippen LogP contribution >= 0.6 is 0 Å². The second kappa shape index (κ2) is 8.65. The number of pyridine rings is 1. The molecule has 0 spiro atoms. The summed E-state index contributed by atoms with van der Waals surface area (Å²) in [6, 6.07) is 3.02. The van der Waals surface area contributed by atoms with E-state index in [1.165, 1.54) is 7.11 Å². The maximum Gasteiger partial charge on any atom is 0.328 e. The summed E-state index contributed by atoms with van der Waals surface area (Å²) in [6.07, 6.45) is 12.7. The minimum Gasteiger partial charge on any atom is -0.467 e. The Morgan fingerprint density at radius 1 is 1.37 bits per heavy atom. The van der Waals surface area contributed by atoms with Gasteiger partial charge in [0.15, 0.2) is 0 Å². The molecule has 3 N–H and O–H groups in total. The molecule has 27 heavy (non-hydrogen) atoms. The van der Waals surface area contributed by atoms with E-state index in [1.54, 1.807) is 12.3 Å². The van der Waals surface area contributed by atoms with E-state index in [1.807, 2.05) is 6.07 Å². The number of rotatable bonds is 7. The fraction of sp³-hybridized carbons (Fsp3) is 0.571. The van der Waals surface area contributed by atoms with Crippen LogP contribution in [0.2, 0.25) is 0 Å². The van der Waals surface area contributed by atoms with Crippen LogP contribution in [0.1, 0.15) is 61.0 Å². The molecule has 6 nitrogen and oxygen atoms in total. The summed E-state index contributed by atoms with van der Waals surface area (Å²) in [5, 5.41) is 2.83. The number of methoxy groups -OCH3 is 1. The number of hydrogen-bond acceptors (Lipinski definition) is 5. The van der Waals surface area contributed by atoms with Gasteiger partial charge in [-0.3, -0.25) is 9.78 Å². The predicted octanol–water partition coefficient (Wildman–Crippen LogP) is 2.48. The Balaban J connectivity index is 1.65. The van der Waals surface area contributed by atoms with Gasteiger partial charge >= 0.3 is 5.97 Å². The van der Waals surface area contributed by atoms with Gasteiger partial charge in [0.25, 0.3) is 5.91 Å². The van der Waals surface area contributed by atoms with Crippen LogP contribution in [-0.2, 0) is 14.9 Å². The molecule has 0 bridgehead atoms. The first-order valence-electron chi connectivity index (χ1n) is 9.78. The maximum atomic E-state index is 12.6. The Morgan fingerprint density at radius 2 is 2.19 bits per heavy atom. The molecule has 1 amide bonds. The third-order valence-electron chi connectivity index (χ3n) is 6.01. The molecule has 3 rings (SSSR count). The molecular formula is C21H29N3O3. The number of carbonyl (C=O) groups is 2. The summed E-state index contributed by atoms with van der Waals surface area (Å²) in [6.45, 7) is 0.575. The lowest BCUT2D eigenvalue weighted by Crippen LogP contribution is -2.43. The molecule has 2 aliphatic carbocycles. The number of hydrogen-bond donors (Lipinski definition) is 2. The number of amides is 1. The molecule has 0 aliphatic heterocycles. The number of ether oxygens (including phenoxy) is 1. The van der Waals surface area contributed by atoms with Gasteiger partial charge in [0, 0.05) is 23.9 Å². The number of nitrogens with zero attached hydrogens (tertiary/aromatic N) is 1. The molecule has 0 radical (unpaired) electrons. The third-order valence-corrected chi connectivity index (χ3v) is 6.01. The number of aromatic nitrogens is 1. The topological polar surface area (TPSA) is 94.3 Å². The summed E-state index contributed by atoms with van der Waals surface area (Å²) in [7, 11) is 1.35. The third kappa shape index (κ3) is 4.38. The number of esters is 1. The monoisotopic (exact) mass is 371 g/mol. The van der Waals surface area contributed by atoms with Crippen LogP contribution in [-0.4, -0.2) is 36.6 Å². The standard InChI is InChI=1S/C21H29N3O3/c1-27-20(26)17(12-15-6-3-2-4-7-15)24-19(25)16-8-9-18(23-13-16)21(14-22)10-5-11-21/h2-3,8-9,13,15,17H,4-7,10-12,14,22H2,1H3,(H,24,25). The van der Waals surface area contributed by atoms with Crippen molar-refractivity contribution in [3.8, 4) is 0 Å². The Hall–Kier alpha value is -2.21. The van der Waals surface area contributed by atoms with Crippen molar-refractivity contribution in [2.45, 2.75) is 56.4 Å². The molecular weight excluding hydrogens is 342 g/mol. The molecule has 146 valence electrons.